The molecule has 8 nitrogen and oxygen atoms in total. The Hall–Kier alpha value is -2.77. The summed E-state index contributed by atoms with van der Waals surface area (Å²) in [6.45, 7) is 6.47. The largest absolute Gasteiger partial charge is 0.481 e. The van der Waals surface area contributed by atoms with E-state index in [1.54, 1.807) is 20.8 Å². The Morgan fingerprint density at radius 2 is 1.85 bits per heavy atom. The first kappa shape index (κ1) is 22.3. The molecule has 1 saturated heterocycles. The number of amides is 2. The number of rotatable bonds is 3. The molecule has 1 fully saturated rings. The molecule has 1 heterocycles. The molecule has 1 aliphatic rings. The molecule has 150 valence electrons. The zero-order chi connectivity index (χ0) is 20.4. The van der Waals surface area contributed by atoms with Gasteiger partial charge in [0.25, 0.3) is 0 Å². The smallest absolute Gasteiger partial charge is 0.410 e. The van der Waals surface area contributed by atoms with Gasteiger partial charge in [0, 0.05) is 13.1 Å². The lowest BCUT2D eigenvalue weighted by molar-refractivity contribution is -0.143. The maximum atomic E-state index is 11.7. The van der Waals surface area contributed by atoms with Gasteiger partial charge in [0.2, 0.25) is 0 Å². The lowest BCUT2D eigenvalue weighted by Crippen LogP contribution is -2.44. The van der Waals surface area contributed by atoms with Crippen LogP contribution in [0.1, 0.15) is 39.2 Å². The number of carboxylic acid groups (broad SMARTS) is 1. The van der Waals surface area contributed by atoms with Gasteiger partial charge in [-0.15, -0.1) is 0 Å². The minimum absolute atomic E-state index is 0.246. The highest BCUT2D eigenvalue weighted by Crippen LogP contribution is 2.19. The van der Waals surface area contributed by atoms with Gasteiger partial charge in [-0.1, -0.05) is 30.3 Å². The molecule has 1 aliphatic heterocycles. The maximum Gasteiger partial charge on any atom is 0.410 e. The van der Waals surface area contributed by atoms with Crippen molar-refractivity contribution in [2.45, 2.75) is 45.8 Å². The van der Waals surface area contributed by atoms with Crippen molar-refractivity contribution in [2.75, 3.05) is 13.1 Å². The van der Waals surface area contributed by atoms with Crippen molar-refractivity contribution in [1.82, 2.24) is 4.90 Å². The highest BCUT2D eigenvalue weighted by atomic mass is 16.6. The van der Waals surface area contributed by atoms with Gasteiger partial charge in [-0.3, -0.25) is 4.79 Å². The van der Waals surface area contributed by atoms with Crippen LogP contribution in [0, 0.1) is 5.92 Å². The Labute approximate surface area is 159 Å². The third kappa shape index (κ3) is 9.48. The quantitative estimate of drug-likeness (QED) is 0.832. The molecule has 0 unspecified atom stereocenters. The van der Waals surface area contributed by atoms with Crippen molar-refractivity contribution < 1.29 is 29.0 Å². The normalized spacial score (nSPS) is 16.6. The third-order valence-corrected chi connectivity index (χ3v) is 3.65. The first-order chi connectivity index (χ1) is 12.6. The van der Waals surface area contributed by atoms with E-state index in [2.05, 4.69) is 4.74 Å². The number of likely N-dealkylation sites (tertiary alicyclic amines) is 1. The van der Waals surface area contributed by atoms with Crippen LogP contribution in [0.5, 0.6) is 0 Å². The number of hydrogen-bond acceptors (Lipinski definition) is 5. The van der Waals surface area contributed by atoms with E-state index in [4.69, 9.17) is 15.6 Å². The average molecular weight is 380 g/mol. The monoisotopic (exact) mass is 380 g/mol. The van der Waals surface area contributed by atoms with E-state index < -0.39 is 29.7 Å². The molecule has 0 radical (unpaired) electrons. The molecule has 0 spiro atoms. The van der Waals surface area contributed by atoms with Crippen LogP contribution in [0.4, 0.5) is 9.59 Å². The number of carbonyl (C=O) groups is 3. The van der Waals surface area contributed by atoms with Gasteiger partial charge in [-0.25, -0.2) is 9.59 Å². The van der Waals surface area contributed by atoms with Crippen LogP contribution in [0.3, 0.4) is 0 Å². The molecule has 0 aliphatic carbocycles. The summed E-state index contributed by atoms with van der Waals surface area (Å²) in [7, 11) is 0. The molecule has 8 heteroatoms. The Kier molecular flexibility index (Phi) is 8.58. The Balaban J connectivity index is 0.000000289. The van der Waals surface area contributed by atoms with Crippen molar-refractivity contribution in [1.29, 1.82) is 0 Å². The van der Waals surface area contributed by atoms with E-state index >= 15 is 0 Å². The molecule has 3 N–H and O–H groups in total. The van der Waals surface area contributed by atoms with Gasteiger partial charge in [0.15, 0.2) is 0 Å². The second-order valence-corrected chi connectivity index (χ2v) is 7.20. The summed E-state index contributed by atoms with van der Waals surface area (Å²) in [5.74, 6) is -1.30. The number of aliphatic carboxylic acids is 1. The van der Waals surface area contributed by atoms with Crippen LogP contribution in [-0.4, -0.2) is 46.9 Å². The van der Waals surface area contributed by atoms with Crippen molar-refractivity contribution in [3.8, 4) is 0 Å². The van der Waals surface area contributed by atoms with Crippen molar-refractivity contribution in [2.24, 2.45) is 11.7 Å². The molecule has 1 atom stereocenters. The summed E-state index contributed by atoms with van der Waals surface area (Å²) in [6.07, 6.45) is 0.192. The molecule has 2 amide bonds. The lowest BCUT2D eigenvalue weighted by atomic mass is 9.99. The van der Waals surface area contributed by atoms with Gasteiger partial charge in [0.05, 0.1) is 5.92 Å². The first-order valence-electron chi connectivity index (χ1n) is 8.75. The summed E-state index contributed by atoms with van der Waals surface area (Å²) in [6, 6.07) is 9.37. The van der Waals surface area contributed by atoms with Crippen LogP contribution in [0.25, 0.3) is 0 Å². The zero-order valence-corrected chi connectivity index (χ0v) is 16.0. The minimum atomic E-state index is -0.840. The van der Waals surface area contributed by atoms with E-state index in [0.717, 1.165) is 12.0 Å². The molecular weight excluding hydrogens is 352 g/mol. The minimum Gasteiger partial charge on any atom is -0.481 e. The standard InChI is InChI=1S/C11H19NO4.C8H9NO2/c1-11(2,3)16-10(15)12-6-4-5-8(7-12)9(13)14;9-8(10)11-6-7-4-2-1-3-5-7/h8H,4-7H2,1-3H3,(H,13,14);1-5H,6H2,(H2,9,10)/t8-;/m1./s1. The number of benzene rings is 1. The maximum absolute atomic E-state index is 11.7. The third-order valence-electron chi connectivity index (χ3n) is 3.65. The number of piperidine rings is 1. The number of carboxylic acids is 1. The Morgan fingerprint density at radius 1 is 1.22 bits per heavy atom. The fraction of sp³-hybridized carbons (Fsp3) is 0.526. The zero-order valence-electron chi connectivity index (χ0n) is 16.0. The highest BCUT2D eigenvalue weighted by Gasteiger charge is 2.30. The second-order valence-electron chi connectivity index (χ2n) is 7.20. The molecule has 1 aromatic rings. The number of primary amides is 1. The average Bonchev–Trinajstić information content (AvgIpc) is 2.60. The van der Waals surface area contributed by atoms with Crippen LogP contribution in [0.15, 0.2) is 30.3 Å². The van der Waals surface area contributed by atoms with E-state index in [1.165, 1.54) is 4.90 Å². The van der Waals surface area contributed by atoms with E-state index in [1.807, 2.05) is 30.3 Å². The van der Waals surface area contributed by atoms with E-state index in [9.17, 15) is 14.4 Å². The lowest BCUT2D eigenvalue weighted by Gasteiger charge is -2.32. The fourth-order valence-corrected chi connectivity index (χ4v) is 2.40. The number of ether oxygens (including phenoxy) is 2. The molecule has 0 saturated carbocycles. The van der Waals surface area contributed by atoms with Gasteiger partial charge in [-0.05, 0) is 39.2 Å². The van der Waals surface area contributed by atoms with E-state index in [-0.39, 0.29) is 13.2 Å². The summed E-state index contributed by atoms with van der Waals surface area (Å²) in [5, 5.41) is 8.89. The molecule has 0 aromatic heterocycles. The first-order valence-corrected chi connectivity index (χ1v) is 8.75. The molecule has 0 bridgehead atoms. The highest BCUT2D eigenvalue weighted by molar-refractivity contribution is 5.73. The second kappa shape index (κ2) is 10.4. The molecular formula is C19H28N2O6. The summed E-state index contributed by atoms with van der Waals surface area (Å²) in [4.78, 5) is 34.2. The summed E-state index contributed by atoms with van der Waals surface area (Å²) >= 11 is 0. The SMILES string of the molecule is CC(C)(C)OC(=O)N1CCC[C@@H](C(=O)O)C1.NC(=O)OCc1ccccc1. The Bertz CT molecular complexity index is 627. The van der Waals surface area contributed by atoms with Gasteiger partial charge < -0.3 is 25.2 Å². The predicted molar refractivity (Wildman–Crippen MR) is 99.0 cm³/mol. The topological polar surface area (TPSA) is 119 Å². The Morgan fingerprint density at radius 3 is 2.37 bits per heavy atom. The van der Waals surface area contributed by atoms with Crippen LogP contribution >= 0.6 is 0 Å². The van der Waals surface area contributed by atoms with Gasteiger partial charge in [-0.2, -0.15) is 0 Å². The predicted octanol–water partition coefficient (Wildman–Crippen LogP) is 3.00. The van der Waals surface area contributed by atoms with Crippen LogP contribution in [-0.2, 0) is 20.9 Å². The van der Waals surface area contributed by atoms with Crippen molar-refractivity contribution >= 4 is 18.2 Å². The number of nitrogens with two attached hydrogens (primary N) is 1. The molecule has 2 rings (SSSR count). The summed E-state index contributed by atoms with van der Waals surface area (Å²) in [5.41, 5.74) is 5.18. The van der Waals surface area contributed by atoms with Crippen LogP contribution < -0.4 is 5.73 Å². The fourth-order valence-electron chi connectivity index (χ4n) is 2.40. The molecule has 1 aromatic carbocycles. The van der Waals surface area contributed by atoms with Crippen LogP contribution in [0.2, 0.25) is 0 Å². The van der Waals surface area contributed by atoms with Gasteiger partial charge >= 0.3 is 18.2 Å². The number of carbonyl (C=O) groups excluding carboxylic acids is 2. The van der Waals surface area contributed by atoms with Crippen molar-refractivity contribution in [3.63, 3.8) is 0 Å². The summed E-state index contributed by atoms with van der Waals surface area (Å²) < 4.78 is 9.77. The van der Waals surface area contributed by atoms with Crippen molar-refractivity contribution in [3.05, 3.63) is 35.9 Å². The number of nitrogens with zero attached hydrogens (tertiary/aromatic N) is 1. The van der Waals surface area contributed by atoms with E-state index in [0.29, 0.717) is 13.0 Å². The number of hydrogen-bond donors (Lipinski definition) is 2. The molecule has 27 heavy (non-hydrogen) atoms. The van der Waals surface area contributed by atoms with Gasteiger partial charge in [0.1, 0.15) is 12.2 Å².